The van der Waals surface area contributed by atoms with E-state index in [0.717, 1.165) is 0 Å². The molecule has 2 rings (SSSR count). The molecule has 2 aromatic carbocycles. The summed E-state index contributed by atoms with van der Waals surface area (Å²) in [7, 11) is 0. The topological polar surface area (TPSA) is 0 Å². The lowest BCUT2D eigenvalue weighted by molar-refractivity contribution is 0.550. The van der Waals surface area contributed by atoms with E-state index in [1.54, 1.807) is 33.4 Å². The lowest BCUT2D eigenvalue weighted by Crippen LogP contribution is -2.01. The maximum absolute atomic E-state index is 2.43. The van der Waals surface area contributed by atoms with E-state index < -0.39 is 0 Å². The van der Waals surface area contributed by atoms with Crippen LogP contribution < -0.4 is 0 Å². The molecule has 0 atom stereocenters. The molecule has 0 fully saturated rings. The van der Waals surface area contributed by atoms with E-state index in [0.29, 0.717) is 0 Å². The number of hydrogen-bond acceptors (Lipinski definition) is 0. The molecule has 0 heterocycles. The van der Waals surface area contributed by atoms with Gasteiger partial charge in [0.25, 0.3) is 0 Å². The van der Waals surface area contributed by atoms with Gasteiger partial charge in [0, 0.05) is 0 Å². The van der Waals surface area contributed by atoms with Crippen molar-refractivity contribution in [2.75, 3.05) is 0 Å². The zero-order chi connectivity index (χ0) is 28.7. The first-order valence-electron chi connectivity index (χ1n) is 17.9. The molecular formula is C40H66. The van der Waals surface area contributed by atoms with Crippen LogP contribution in [0.25, 0.3) is 0 Å². The van der Waals surface area contributed by atoms with Crippen molar-refractivity contribution in [2.45, 2.75) is 182 Å². The molecule has 0 aliphatic carbocycles. The minimum absolute atomic E-state index is 1.27. The van der Waals surface area contributed by atoms with Crippen molar-refractivity contribution < 1.29 is 0 Å². The summed E-state index contributed by atoms with van der Waals surface area (Å²) in [5, 5.41) is 0. The molecule has 0 saturated carbocycles. The quantitative estimate of drug-likeness (QED) is 0.109. The Morgan fingerprint density at radius 2 is 0.550 bits per heavy atom. The highest BCUT2D eigenvalue weighted by molar-refractivity contribution is 5.37. The van der Waals surface area contributed by atoms with Crippen molar-refractivity contribution >= 4 is 0 Å². The van der Waals surface area contributed by atoms with Gasteiger partial charge in [-0.2, -0.15) is 0 Å². The van der Waals surface area contributed by atoms with E-state index in [-0.39, 0.29) is 0 Å². The number of unbranched alkanes of at least 4 members (excludes halogenated alkanes) is 13. The lowest BCUT2D eigenvalue weighted by Gasteiger charge is -2.15. The van der Waals surface area contributed by atoms with E-state index in [1.165, 1.54) is 154 Å². The fourth-order valence-corrected chi connectivity index (χ4v) is 6.44. The Kier molecular flexibility index (Phi) is 20.0. The minimum atomic E-state index is 1.27. The highest BCUT2D eigenvalue weighted by Crippen LogP contribution is 2.24. The first kappa shape index (κ1) is 34.6. The van der Waals surface area contributed by atoms with E-state index in [4.69, 9.17) is 0 Å². The second-order valence-electron chi connectivity index (χ2n) is 12.6. The molecule has 226 valence electrons. The SMILES string of the molecule is CCCCc1cccc(CCCCCCCCCCCCc2cccc(CCCC)c2CCCC)c1CCCC. The Balaban J connectivity index is 1.59. The molecule has 0 aliphatic rings. The van der Waals surface area contributed by atoms with Crippen LogP contribution in [0.4, 0.5) is 0 Å². The van der Waals surface area contributed by atoms with Crippen LogP contribution in [-0.2, 0) is 38.5 Å². The van der Waals surface area contributed by atoms with Crippen molar-refractivity contribution in [1.82, 2.24) is 0 Å². The molecule has 2 aromatic rings. The highest BCUT2D eigenvalue weighted by atomic mass is 14.1. The Morgan fingerprint density at radius 1 is 0.300 bits per heavy atom. The summed E-state index contributed by atoms with van der Waals surface area (Å²) in [5.41, 5.74) is 10.0. The van der Waals surface area contributed by atoms with E-state index in [2.05, 4.69) is 64.1 Å². The van der Waals surface area contributed by atoms with E-state index >= 15 is 0 Å². The highest BCUT2D eigenvalue weighted by Gasteiger charge is 2.09. The fraction of sp³-hybridized carbons (Fsp3) is 0.700. The monoisotopic (exact) mass is 547 g/mol. The summed E-state index contributed by atoms with van der Waals surface area (Å²) in [6, 6.07) is 14.3. The Hall–Kier alpha value is -1.56. The molecule has 0 saturated heterocycles. The predicted molar refractivity (Wildman–Crippen MR) is 181 cm³/mol. The minimum Gasteiger partial charge on any atom is -0.0654 e. The molecule has 0 aromatic heterocycles. The third-order valence-corrected chi connectivity index (χ3v) is 9.04. The van der Waals surface area contributed by atoms with Gasteiger partial charge in [-0.05, 0) is 110 Å². The summed E-state index contributed by atoms with van der Waals surface area (Å²) in [6.07, 6.45) is 32.4. The number of rotatable bonds is 25. The number of hydrogen-bond donors (Lipinski definition) is 0. The number of aryl methyl sites for hydroxylation is 4. The predicted octanol–water partition coefficient (Wildman–Crippen LogP) is 12.7. The molecular weight excluding hydrogens is 480 g/mol. The maximum Gasteiger partial charge on any atom is -0.0274 e. The van der Waals surface area contributed by atoms with Gasteiger partial charge in [0.05, 0.1) is 0 Å². The molecule has 40 heavy (non-hydrogen) atoms. The molecule has 0 unspecified atom stereocenters. The molecule has 0 nitrogen and oxygen atoms in total. The maximum atomic E-state index is 2.43. The van der Waals surface area contributed by atoms with Crippen molar-refractivity contribution in [3.63, 3.8) is 0 Å². The van der Waals surface area contributed by atoms with E-state index in [1.807, 2.05) is 0 Å². The summed E-state index contributed by atoms with van der Waals surface area (Å²) >= 11 is 0. The van der Waals surface area contributed by atoms with Crippen LogP contribution in [0.2, 0.25) is 0 Å². The van der Waals surface area contributed by atoms with Gasteiger partial charge in [0.1, 0.15) is 0 Å². The molecule has 0 radical (unpaired) electrons. The fourth-order valence-electron chi connectivity index (χ4n) is 6.44. The average Bonchev–Trinajstić information content (AvgIpc) is 2.98. The van der Waals surface area contributed by atoms with Crippen molar-refractivity contribution in [2.24, 2.45) is 0 Å². The van der Waals surface area contributed by atoms with Gasteiger partial charge in [-0.3, -0.25) is 0 Å². The zero-order valence-electron chi connectivity index (χ0n) is 27.4. The molecule has 0 bridgehead atoms. The Labute approximate surface area is 251 Å². The second-order valence-corrected chi connectivity index (χ2v) is 12.6. The Morgan fingerprint density at radius 3 is 0.850 bits per heavy atom. The van der Waals surface area contributed by atoms with Gasteiger partial charge in [0.15, 0.2) is 0 Å². The number of benzene rings is 2. The van der Waals surface area contributed by atoms with Crippen molar-refractivity contribution in [3.05, 3.63) is 69.8 Å². The average molecular weight is 547 g/mol. The van der Waals surface area contributed by atoms with Crippen LogP contribution in [0.5, 0.6) is 0 Å². The molecule has 0 heteroatoms. The third-order valence-electron chi connectivity index (χ3n) is 9.04. The van der Waals surface area contributed by atoms with E-state index in [9.17, 15) is 0 Å². The first-order chi connectivity index (χ1) is 19.7. The van der Waals surface area contributed by atoms with Gasteiger partial charge in [-0.1, -0.05) is 141 Å². The van der Waals surface area contributed by atoms with Crippen molar-refractivity contribution in [1.29, 1.82) is 0 Å². The summed E-state index contributed by atoms with van der Waals surface area (Å²) in [6.45, 7) is 9.28. The summed E-state index contributed by atoms with van der Waals surface area (Å²) < 4.78 is 0. The van der Waals surface area contributed by atoms with Crippen LogP contribution in [-0.4, -0.2) is 0 Å². The molecule has 0 N–H and O–H groups in total. The third kappa shape index (κ3) is 13.9. The Bertz CT molecular complexity index is 802. The lowest BCUT2D eigenvalue weighted by atomic mass is 9.90. The largest absolute Gasteiger partial charge is 0.0654 e. The van der Waals surface area contributed by atoms with Gasteiger partial charge in [-0.15, -0.1) is 0 Å². The van der Waals surface area contributed by atoms with Crippen LogP contribution in [0, 0.1) is 0 Å². The van der Waals surface area contributed by atoms with Crippen LogP contribution in [0.3, 0.4) is 0 Å². The van der Waals surface area contributed by atoms with Gasteiger partial charge in [0.2, 0.25) is 0 Å². The summed E-state index contributed by atoms with van der Waals surface area (Å²) in [4.78, 5) is 0. The van der Waals surface area contributed by atoms with Gasteiger partial charge < -0.3 is 0 Å². The van der Waals surface area contributed by atoms with Crippen LogP contribution >= 0.6 is 0 Å². The molecule has 0 aliphatic heterocycles. The first-order valence-corrected chi connectivity index (χ1v) is 17.9. The van der Waals surface area contributed by atoms with Crippen LogP contribution in [0.1, 0.15) is 177 Å². The molecule has 0 spiro atoms. The summed E-state index contributed by atoms with van der Waals surface area (Å²) in [5.74, 6) is 0. The van der Waals surface area contributed by atoms with Crippen LogP contribution in [0.15, 0.2) is 36.4 Å². The zero-order valence-corrected chi connectivity index (χ0v) is 27.4. The second kappa shape index (κ2) is 23.1. The van der Waals surface area contributed by atoms with Gasteiger partial charge >= 0.3 is 0 Å². The smallest absolute Gasteiger partial charge is 0.0274 e. The molecule has 0 amide bonds. The van der Waals surface area contributed by atoms with Crippen molar-refractivity contribution in [3.8, 4) is 0 Å². The normalized spacial score (nSPS) is 11.4. The standard InChI is InChI=1S/C40H66/c1-5-9-25-35-29-23-31-37(39(35)33-11-7-3)27-21-19-17-15-13-14-16-18-20-22-28-38-32-24-30-36(26-10-6-2)40(38)34-12-8-4/h23-24,29-32H,5-22,25-28,33-34H2,1-4H3. The van der Waals surface area contributed by atoms with Gasteiger partial charge in [-0.25, -0.2) is 0 Å².